The summed E-state index contributed by atoms with van der Waals surface area (Å²) in [6, 6.07) is 0.569. The van der Waals surface area contributed by atoms with E-state index in [2.05, 4.69) is 31.3 Å². The summed E-state index contributed by atoms with van der Waals surface area (Å²) in [7, 11) is 0. The largest absolute Gasteiger partial charge is 0.385 e. The smallest absolute Gasteiger partial charge is 0.0441 e. The minimum absolute atomic E-state index is 0.569. The summed E-state index contributed by atoms with van der Waals surface area (Å²) >= 11 is 0. The third kappa shape index (κ3) is 3.61. The van der Waals surface area contributed by atoms with Crippen LogP contribution in [0.5, 0.6) is 0 Å². The van der Waals surface area contributed by atoms with Gasteiger partial charge in [0.15, 0.2) is 0 Å². The van der Waals surface area contributed by atoms with Crippen LogP contribution in [0, 0.1) is 0 Å². The van der Waals surface area contributed by atoms with Crippen molar-refractivity contribution in [1.82, 2.24) is 5.32 Å². The fraction of sp³-hybridized carbons (Fsp3) is 0.636. The Bertz CT molecular complexity index is 156. The third-order valence-electron chi connectivity index (χ3n) is 1.87. The van der Waals surface area contributed by atoms with Crippen molar-refractivity contribution < 1.29 is 0 Å². The zero-order chi connectivity index (χ0) is 9.40. The van der Waals surface area contributed by atoms with Gasteiger partial charge in [-0.3, -0.25) is 0 Å². The fourth-order valence-corrected chi connectivity index (χ4v) is 1.11. The topological polar surface area (TPSA) is 12.0 Å². The number of hydrogen-bond donors (Lipinski definition) is 1. The van der Waals surface area contributed by atoms with Crippen LogP contribution < -0.4 is 5.32 Å². The molecule has 1 heterocycles. The van der Waals surface area contributed by atoms with E-state index in [1.807, 2.05) is 20.0 Å². The van der Waals surface area contributed by atoms with E-state index in [0.717, 1.165) is 6.42 Å². The predicted octanol–water partition coefficient (Wildman–Crippen LogP) is 3.24. The number of rotatable bonds is 2. The SMILES string of the molecule is CC.CCC1=CC(CC)NC=C1. The molecule has 0 spiro atoms. The van der Waals surface area contributed by atoms with Crippen molar-refractivity contribution in [1.29, 1.82) is 0 Å². The van der Waals surface area contributed by atoms with Gasteiger partial charge in [-0.2, -0.15) is 0 Å². The second kappa shape index (κ2) is 6.96. The molecule has 1 atom stereocenters. The van der Waals surface area contributed by atoms with Crippen LogP contribution in [0.3, 0.4) is 0 Å². The maximum absolute atomic E-state index is 3.28. The molecular weight excluding hydrogens is 146 g/mol. The lowest BCUT2D eigenvalue weighted by atomic mass is 10.1. The van der Waals surface area contributed by atoms with Crippen LogP contribution in [0.15, 0.2) is 23.9 Å². The van der Waals surface area contributed by atoms with Crippen molar-refractivity contribution in [3.05, 3.63) is 23.9 Å². The lowest BCUT2D eigenvalue weighted by Gasteiger charge is -2.16. The fourth-order valence-electron chi connectivity index (χ4n) is 1.11. The first kappa shape index (κ1) is 11.3. The Morgan fingerprint density at radius 3 is 2.50 bits per heavy atom. The van der Waals surface area contributed by atoms with Gasteiger partial charge in [-0.1, -0.05) is 33.8 Å². The molecule has 1 aliphatic heterocycles. The molecule has 1 N–H and O–H groups in total. The predicted molar refractivity (Wildman–Crippen MR) is 56.1 cm³/mol. The standard InChI is InChI=1S/C9H15N.C2H6/c1-3-8-5-6-10-9(4-2)7-8;1-2/h5-7,9-10H,3-4H2,1-2H3;1-2H3. The molecule has 0 aromatic heterocycles. The van der Waals surface area contributed by atoms with Crippen LogP contribution in [0.4, 0.5) is 0 Å². The lowest BCUT2D eigenvalue weighted by Crippen LogP contribution is -2.23. The van der Waals surface area contributed by atoms with Crippen LogP contribution in [0.25, 0.3) is 0 Å². The molecule has 70 valence electrons. The van der Waals surface area contributed by atoms with Crippen LogP contribution in [-0.2, 0) is 0 Å². The van der Waals surface area contributed by atoms with Gasteiger partial charge < -0.3 is 5.32 Å². The minimum Gasteiger partial charge on any atom is -0.385 e. The van der Waals surface area contributed by atoms with Crippen molar-refractivity contribution in [3.63, 3.8) is 0 Å². The Kier molecular flexibility index (Phi) is 6.54. The van der Waals surface area contributed by atoms with Gasteiger partial charge in [-0.05, 0) is 30.7 Å². The van der Waals surface area contributed by atoms with E-state index < -0.39 is 0 Å². The Morgan fingerprint density at radius 1 is 1.33 bits per heavy atom. The Morgan fingerprint density at radius 2 is 2.00 bits per heavy atom. The molecule has 0 aromatic rings. The van der Waals surface area contributed by atoms with Crippen LogP contribution in [0.1, 0.15) is 40.5 Å². The molecule has 1 rings (SSSR count). The molecule has 1 nitrogen and oxygen atoms in total. The summed E-state index contributed by atoms with van der Waals surface area (Å²) in [4.78, 5) is 0. The molecule has 0 saturated heterocycles. The van der Waals surface area contributed by atoms with Gasteiger partial charge in [0.1, 0.15) is 0 Å². The zero-order valence-electron chi connectivity index (χ0n) is 8.72. The summed E-state index contributed by atoms with van der Waals surface area (Å²) in [5, 5.41) is 3.28. The summed E-state index contributed by atoms with van der Waals surface area (Å²) in [5.74, 6) is 0. The second-order valence-corrected chi connectivity index (χ2v) is 2.61. The molecule has 0 radical (unpaired) electrons. The molecule has 0 bridgehead atoms. The third-order valence-corrected chi connectivity index (χ3v) is 1.87. The van der Waals surface area contributed by atoms with E-state index in [-0.39, 0.29) is 0 Å². The van der Waals surface area contributed by atoms with Crippen molar-refractivity contribution in [2.45, 2.75) is 46.6 Å². The van der Waals surface area contributed by atoms with Gasteiger partial charge in [0.2, 0.25) is 0 Å². The highest BCUT2D eigenvalue weighted by molar-refractivity contribution is 5.23. The van der Waals surface area contributed by atoms with Gasteiger partial charge in [-0.25, -0.2) is 0 Å². The Balaban J connectivity index is 0.000000561. The van der Waals surface area contributed by atoms with Gasteiger partial charge in [-0.15, -0.1) is 0 Å². The van der Waals surface area contributed by atoms with Crippen LogP contribution >= 0.6 is 0 Å². The quantitative estimate of drug-likeness (QED) is 0.665. The van der Waals surface area contributed by atoms with E-state index in [0.29, 0.717) is 6.04 Å². The summed E-state index contributed by atoms with van der Waals surface area (Å²) in [6.07, 6.45) is 8.82. The van der Waals surface area contributed by atoms with E-state index in [9.17, 15) is 0 Å². The monoisotopic (exact) mass is 167 g/mol. The second-order valence-electron chi connectivity index (χ2n) is 2.61. The molecule has 12 heavy (non-hydrogen) atoms. The number of allylic oxidation sites excluding steroid dienone is 2. The normalized spacial score (nSPS) is 20.3. The first-order valence-corrected chi connectivity index (χ1v) is 5.00. The maximum atomic E-state index is 3.28. The van der Waals surface area contributed by atoms with Gasteiger partial charge >= 0.3 is 0 Å². The highest BCUT2D eigenvalue weighted by Gasteiger charge is 2.03. The molecule has 0 aromatic carbocycles. The number of hydrogen-bond acceptors (Lipinski definition) is 1. The zero-order valence-corrected chi connectivity index (χ0v) is 8.72. The first-order chi connectivity index (χ1) is 5.86. The average molecular weight is 167 g/mol. The van der Waals surface area contributed by atoms with Gasteiger partial charge in [0.05, 0.1) is 0 Å². The van der Waals surface area contributed by atoms with Gasteiger partial charge in [0, 0.05) is 6.04 Å². The molecule has 0 aliphatic carbocycles. The molecular formula is C11H21N. The Hall–Kier alpha value is -0.720. The molecule has 0 fully saturated rings. The van der Waals surface area contributed by atoms with E-state index in [1.165, 1.54) is 12.0 Å². The van der Waals surface area contributed by atoms with Crippen LogP contribution in [-0.4, -0.2) is 6.04 Å². The minimum atomic E-state index is 0.569. The van der Waals surface area contributed by atoms with Crippen LogP contribution in [0.2, 0.25) is 0 Å². The van der Waals surface area contributed by atoms with Crippen molar-refractivity contribution >= 4 is 0 Å². The van der Waals surface area contributed by atoms with E-state index >= 15 is 0 Å². The first-order valence-electron chi connectivity index (χ1n) is 5.00. The highest BCUT2D eigenvalue weighted by atomic mass is 14.9. The van der Waals surface area contributed by atoms with Crippen molar-refractivity contribution in [2.75, 3.05) is 0 Å². The lowest BCUT2D eigenvalue weighted by molar-refractivity contribution is 0.662. The number of dihydropyridines is 1. The van der Waals surface area contributed by atoms with Gasteiger partial charge in [0.25, 0.3) is 0 Å². The molecule has 1 unspecified atom stereocenters. The highest BCUT2D eigenvalue weighted by Crippen LogP contribution is 2.09. The van der Waals surface area contributed by atoms with Crippen molar-refractivity contribution in [2.24, 2.45) is 0 Å². The summed E-state index contributed by atoms with van der Waals surface area (Å²) in [6.45, 7) is 8.38. The molecule has 0 saturated carbocycles. The summed E-state index contributed by atoms with van der Waals surface area (Å²) < 4.78 is 0. The van der Waals surface area contributed by atoms with E-state index in [1.54, 1.807) is 0 Å². The van der Waals surface area contributed by atoms with E-state index in [4.69, 9.17) is 0 Å². The average Bonchev–Trinajstić information content (AvgIpc) is 2.21. The molecule has 0 amide bonds. The maximum Gasteiger partial charge on any atom is 0.0441 e. The van der Waals surface area contributed by atoms with Crippen molar-refractivity contribution in [3.8, 4) is 0 Å². The Labute approximate surface area is 76.6 Å². The summed E-state index contributed by atoms with van der Waals surface area (Å²) in [5.41, 5.74) is 1.45. The molecule has 1 aliphatic rings. The number of nitrogens with one attached hydrogen (secondary N) is 1. The molecule has 1 heteroatoms.